The number of aliphatic hydroxyl groups is 1. The number of benzene rings is 1. The Balaban J connectivity index is 1.98. The van der Waals surface area contributed by atoms with Crippen molar-refractivity contribution in [1.82, 2.24) is 4.90 Å². The molecule has 2 unspecified atom stereocenters. The van der Waals surface area contributed by atoms with E-state index in [1.54, 1.807) is 0 Å². The van der Waals surface area contributed by atoms with E-state index in [1.807, 2.05) is 13.8 Å². The maximum Gasteiger partial charge on any atom is 0.269 e. The van der Waals surface area contributed by atoms with E-state index in [1.165, 1.54) is 24.3 Å². The first-order valence-corrected chi connectivity index (χ1v) is 7.75. The van der Waals surface area contributed by atoms with Crippen molar-refractivity contribution in [3.63, 3.8) is 0 Å². The average Bonchev–Trinajstić information content (AvgIpc) is 2.54. The molecule has 1 heterocycles. The van der Waals surface area contributed by atoms with Crippen molar-refractivity contribution < 1.29 is 14.8 Å². The van der Waals surface area contributed by atoms with Crippen LogP contribution in [0.25, 0.3) is 0 Å². The third-order valence-corrected chi connectivity index (χ3v) is 4.47. The molecular formula is C16H23N3O4. The highest BCUT2D eigenvalue weighted by molar-refractivity contribution is 5.94. The zero-order valence-corrected chi connectivity index (χ0v) is 13.5. The molecule has 7 heteroatoms. The van der Waals surface area contributed by atoms with Crippen LogP contribution in [0.1, 0.15) is 26.7 Å². The number of anilines is 1. The Morgan fingerprint density at radius 3 is 2.70 bits per heavy atom. The Morgan fingerprint density at radius 2 is 2.13 bits per heavy atom. The van der Waals surface area contributed by atoms with Crippen LogP contribution >= 0.6 is 0 Å². The van der Waals surface area contributed by atoms with E-state index in [0.29, 0.717) is 12.2 Å². The second-order valence-corrected chi connectivity index (χ2v) is 6.51. The van der Waals surface area contributed by atoms with Gasteiger partial charge in [0.25, 0.3) is 5.69 Å². The standard InChI is InChI=1S/C16H23N3O4/c1-12(18-9-3-8-16(2,10-18)11-20)15(21)17-13-4-6-14(7-5-13)19(22)23/h4-7,12,20H,3,8-11H2,1-2H3,(H,17,21). The molecule has 2 rings (SSSR count). The van der Waals surface area contributed by atoms with Crippen LogP contribution in [0, 0.1) is 15.5 Å². The van der Waals surface area contributed by atoms with Crippen LogP contribution in [-0.2, 0) is 4.79 Å². The first-order chi connectivity index (χ1) is 10.8. The Labute approximate surface area is 135 Å². The van der Waals surface area contributed by atoms with E-state index >= 15 is 0 Å². The average molecular weight is 321 g/mol. The smallest absolute Gasteiger partial charge is 0.269 e. The van der Waals surface area contributed by atoms with Gasteiger partial charge in [-0.15, -0.1) is 0 Å². The first-order valence-electron chi connectivity index (χ1n) is 7.75. The van der Waals surface area contributed by atoms with Crippen LogP contribution in [0.5, 0.6) is 0 Å². The second kappa shape index (κ2) is 7.06. The minimum atomic E-state index is -0.475. The highest BCUT2D eigenvalue weighted by Gasteiger charge is 2.34. The van der Waals surface area contributed by atoms with Gasteiger partial charge in [0.1, 0.15) is 0 Å². The number of amides is 1. The number of hydrogen-bond donors (Lipinski definition) is 2. The number of likely N-dealkylation sites (tertiary alicyclic amines) is 1. The van der Waals surface area contributed by atoms with Crippen molar-refractivity contribution in [3.8, 4) is 0 Å². The van der Waals surface area contributed by atoms with Crippen LogP contribution in [0.2, 0.25) is 0 Å². The van der Waals surface area contributed by atoms with E-state index < -0.39 is 4.92 Å². The van der Waals surface area contributed by atoms with Gasteiger partial charge in [0.2, 0.25) is 5.91 Å². The number of nitro groups is 1. The van der Waals surface area contributed by atoms with Crippen molar-refractivity contribution in [2.75, 3.05) is 25.0 Å². The summed E-state index contributed by atoms with van der Waals surface area (Å²) in [5, 5.41) is 22.9. The van der Waals surface area contributed by atoms with E-state index in [9.17, 15) is 20.0 Å². The molecule has 0 radical (unpaired) electrons. The summed E-state index contributed by atoms with van der Waals surface area (Å²) in [5.74, 6) is -0.152. The van der Waals surface area contributed by atoms with E-state index in [2.05, 4.69) is 10.2 Å². The number of nitrogens with one attached hydrogen (secondary N) is 1. The van der Waals surface area contributed by atoms with Crippen molar-refractivity contribution in [2.24, 2.45) is 5.41 Å². The number of nitro benzene ring substituents is 1. The number of carbonyl (C=O) groups excluding carboxylic acids is 1. The van der Waals surface area contributed by atoms with Crippen molar-refractivity contribution >= 4 is 17.3 Å². The summed E-state index contributed by atoms with van der Waals surface area (Å²) < 4.78 is 0. The molecule has 2 N–H and O–H groups in total. The monoisotopic (exact) mass is 321 g/mol. The Hall–Kier alpha value is -1.99. The van der Waals surface area contributed by atoms with Crippen LogP contribution in [-0.4, -0.2) is 46.6 Å². The third kappa shape index (κ3) is 4.27. The fourth-order valence-corrected chi connectivity index (χ4v) is 2.90. The minimum absolute atomic E-state index is 0.00853. The summed E-state index contributed by atoms with van der Waals surface area (Å²) in [4.78, 5) is 24.6. The zero-order valence-electron chi connectivity index (χ0n) is 13.5. The number of rotatable bonds is 5. The summed E-state index contributed by atoms with van der Waals surface area (Å²) in [6.07, 6.45) is 1.91. The third-order valence-electron chi connectivity index (χ3n) is 4.47. The van der Waals surface area contributed by atoms with Gasteiger partial charge in [0.15, 0.2) is 0 Å². The number of aliphatic hydroxyl groups excluding tert-OH is 1. The van der Waals surface area contributed by atoms with Gasteiger partial charge in [-0.1, -0.05) is 6.92 Å². The topological polar surface area (TPSA) is 95.7 Å². The Morgan fingerprint density at radius 1 is 1.48 bits per heavy atom. The number of non-ortho nitro benzene ring substituents is 1. The summed E-state index contributed by atoms with van der Waals surface area (Å²) >= 11 is 0. The predicted molar refractivity (Wildman–Crippen MR) is 87.2 cm³/mol. The maximum absolute atomic E-state index is 12.4. The predicted octanol–water partition coefficient (Wildman–Crippen LogP) is 2.02. The van der Waals surface area contributed by atoms with Crippen LogP contribution in [0.15, 0.2) is 24.3 Å². The molecule has 0 bridgehead atoms. The molecule has 1 saturated heterocycles. The van der Waals surface area contributed by atoms with Gasteiger partial charge in [-0.05, 0) is 38.4 Å². The summed E-state index contributed by atoms with van der Waals surface area (Å²) in [6, 6.07) is 5.46. The SMILES string of the molecule is CC(C(=O)Nc1ccc([N+](=O)[O-])cc1)N1CCCC(C)(CO)C1. The lowest BCUT2D eigenvalue weighted by atomic mass is 9.82. The molecule has 2 atom stereocenters. The molecule has 1 aromatic rings. The molecule has 126 valence electrons. The molecule has 0 spiro atoms. The molecular weight excluding hydrogens is 298 g/mol. The molecule has 7 nitrogen and oxygen atoms in total. The Kier molecular flexibility index (Phi) is 5.33. The largest absolute Gasteiger partial charge is 0.396 e. The number of nitrogens with zero attached hydrogens (tertiary/aromatic N) is 2. The molecule has 0 saturated carbocycles. The fourth-order valence-electron chi connectivity index (χ4n) is 2.90. The normalized spacial score (nSPS) is 23.3. The van der Waals surface area contributed by atoms with Crippen molar-refractivity contribution in [3.05, 3.63) is 34.4 Å². The number of hydrogen-bond acceptors (Lipinski definition) is 5. The molecule has 0 aromatic heterocycles. The molecule has 23 heavy (non-hydrogen) atoms. The van der Waals surface area contributed by atoms with Gasteiger partial charge < -0.3 is 10.4 Å². The summed E-state index contributed by atoms with van der Waals surface area (Å²) in [7, 11) is 0. The molecule has 1 aliphatic rings. The second-order valence-electron chi connectivity index (χ2n) is 6.51. The van der Waals surface area contributed by atoms with Gasteiger partial charge in [-0.3, -0.25) is 19.8 Å². The fraction of sp³-hybridized carbons (Fsp3) is 0.562. The van der Waals surface area contributed by atoms with Gasteiger partial charge in [0, 0.05) is 36.4 Å². The van der Waals surface area contributed by atoms with Crippen molar-refractivity contribution in [1.29, 1.82) is 0 Å². The van der Waals surface area contributed by atoms with E-state index in [4.69, 9.17) is 0 Å². The van der Waals surface area contributed by atoms with Crippen LogP contribution in [0.4, 0.5) is 11.4 Å². The maximum atomic E-state index is 12.4. The van der Waals surface area contributed by atoms with Gasteiger partial charge in [-0.2, -0.15) is 0 Å². The lowest BCUT2D eigenvalue weighted by Gasteiger charge is -2.41. The number of piperidine rings is 1. The molecule has 1 aromatic carbocycles. The molecule has 0 aliphatic carbocycles. The number of carbonyl (C=O) groups is 1. The van der Waals surface area contributed by atoms with Crippen LogP contribution < -0.4 is 5.32 Å². The lowest BCUT2D eigenvalue weighted by molar-refractivity contribution is -0.384. The highest BCUT2D eigenvalue weighted by atomic mass is 16.6. The lowest BCUT2D eigenvalue weighted by Crippen LogP contribution is -2.51. The highest BCUT2D eigenvalue weighted by Crippen LogP contribution is 2.30. The minimum Gasteiger partial charge on any atom is -0.396 e. The van der Waals surface area contributed by atoms with Gasteiger partial charge >= 0.3 is 0 Å². The van der Waals surface area contributed by atoms with E-state index in [-0.39, 0.29) is 29.7 Å². The molecule has 1 fully saturated rings. The Bertz CT molecular complexity index is 575. The van der Waals surface area contributed by atoms with Gasteiger partial charge in [0.05, 0.1) is 11.0 Å². The zero-order chi connectivity index (χ0) is 17.0. The summed E-state index contributed by atoms with van der Waals surface area (Å²) in [5.41, 5.74) is 0.361. The molecule has 1 amide bonds. The van der Waals surface area contributed by atoms with E-state index in [0.717, 1.165) is 19.4 Å². The molecule has 1 aliphatic heterocycles. The quantitative estimate of drug-likeness (QED) is 0.639. The van der Waals surface area contributed by atoms with Crippen molar-refractivity contribution in [2.45, 2.75) is 32.7 Å². The first kappa shape index (κ1) is 17.4. The summed E-state index contributed by atoms with van der Waals surface area (Å²) in [6.45, 7) is 5.48. The van der Waals surface area contributed by atoms with Gasteiger partial charge in [-0.25, -0.2) is 0 Å². The van der Waals surface area contributed by atoms with Crippen LogP contribution in [0.3, 0.4) is 0 Å².